The van der Waals surface area contributed by atoms with Crippen molar-refractivity contribution in [3.05, 3.63) is 89.7 Å². The Kier molecular flexibility index (Phi) is 7.06. The van der Waals surface area contributed by atoms with E-state index in [1.165, 1.54) is 49.6 Å². The number of methoxy groups -OCH3 is 1. The second-order valence-corrected chi connectivity index (χ2v) is 8.35. The number of ether oxygens (including phenoxy) is 1. The molecule has 0 saturated heterocycles. The number of hydrazine groups is 1. The van der Waals surface area contributed by atoms with Crippen LogP contribution < -0.4 is 20.3 Å². The van der Waals surface area contributed by atoms with Crippen molar-refractivity contribution < 1.29 is 27.1 Å². The Morgan fingerprint density at radius 3 is 2.34 bits per heavy atom. The van der Waals surface area contributed by atoms with Gasteiger partial charge in [-0.05, 0) is 60.2 Å². The quantitative estimate of drug-likeness (QED) is 0.472. The number of hydrogen-bond donors (Lipinski definition) is 3. The summed E-state index contributed by atoms with van der Waals surface area (Å²) in [7, 11) is -2.46. The Morgan fingerprint density at radius 1 is 0.938 bits per heavy atom. The highest BCUT2D eigenvalue weighted by molar-refractivity contribution is 7.92. The molecule has 3 rings (SSSR count). The van der Waals surface area contributed by atoms with Crippen LogP contribution in [0, 0.1) is 5.82 Å². The summed E-state index contributed by atoms with van der Waals surface area (Å²) in [6.45, 7) is 0. The maximum Gasteiger partial charge on any atom is 0.269 e. The van der Waals surface area contributed by atoms with E-state index in [1.54, 1.807) is 30.3 Å². The minimum atomic E-state index is -3.96. The molecule has 10 heteroatoms. The van der Waals surface area contributed by atoms with Gasteiger partial charge in [0.2, 0.25) is 5.91 Å². The standard InChI is InChI=1S/C22H20FN3O5S/c1-31-19-10-8-18(9-11-19)26-32(29,30)20-7-3-5-16(14-20)22(28)25-24-21(27)13-15-4-2-6-17(23)12-15/h2-12,14,26H,13H2,1H3,(H,24,27)(H,25,28). The number of carbonyl (C=O) groups excluding carboxylic acids is 2. The van der Waals surface area contributed by atoms with E-state index >= 15 is 0 Å². The SMILES string of the molecule is COc1ccc(NS(=O)(=O)c2cccc(C(=O)NNC(=O)Cc3cccc(F)c3)c2)cc1. The van der Waals surface area contributed by atoms with Crippen molar-refractivity contribution in [1.29, 1.82) is 0 Å². The number of carbonyl (C=O) groups is 2. The predicted octanol–water partition coefficient (Wildman–Crippen LogP) is 2.64. The molecular weight excluding hydrogens is 437 g/mol. The van der Waals surface area contributed by atoms with Crippen LogP contribution in [0.3, 0.4) is 0 Å². The summed E-state index contributed by atoms with van der Waals surface area (Å²) in [5.74, 6) is -1.17. The Balaban J connectivity index is 1.63. The topological polar surface area (TPSA) is 114 Å². The Bertz CT molecular complexity index is 1230. The summed E-state index contributed by atoms with van der Waals surface area (Å²) in [6.07, 6.45) is -0.141. The normalized spacial score (nSPS) is 10.8. The summed E-state index contributed by atoms with van der Waals surface area (Å²) in [6, 6.07) is 17.2. The first-order valence-corrected chi connectivity index (χ1v) is 10.9. The lowest BCUT2D eigenvalue weighted by atomic mass is 10.1. The fraction of sp³-hybridized carbons (Fsp3) is 0.0909. The highest BCUT2D eigenvalue weighted by Gasteiger charge is 2.17. The van der Waals surface area contributed by atoms with Crippen LogP contribution in [0.25, 0.3) is 0 Å². The first kappa shape index (κ1) is 22.8. The molecule has 8 nitrogen and oxygen atoms in total. The van der Waals surface area contributed by atoms with E-state index in [4.69, 9.17) is 4.74 Å². The van der Waals surface area contributed by atoms with E-state index in [1.807, 2.05) is 0 Å². The van der Waals surface area contributed by atoms with E-state index in [-0.39, 0.29) is 16.9 Å². The molecule has 0 aliphatic heterocycles. The lowest BCUT2D eigenvalue weighted by molar-refractivity contribution is -0.121. The third kappa shape index (κ3) is 6.05. The minimum Gasteiger partial charge on any atom is -0.497 e. The van der Waals surface area contributed by atoms with Gasteiger partial charge in [-0.2, -0.15) is 0 Å². The second-order valence-electron chi connectivity index (χ2n) is 6.67. The average Bonchev–Trinajstić information content (AvgIpc) is 2.78. The van der Waals surface area contributed by atoms with Gasteiger partial charge >= 0.3 is 0 Å². The van der Waals surface area contributed by atoms with Gasteiger partial charge in [0.05, 0.1) is 18.4 Å². The third-order valence-corrected chi connectivity index (χ3v) is 5.70. The second kappa shape index (κ2) is 9.92. The molecular formula is C22H20FN3O5S. The van der Waals surface area contributed by atoms with Crippen molar-refractivity contribution in [3.63, 3.8) is 0 Å². The van der Waals surface area contributed by atoms with Gasteiger partial charge in [0.25, 0.3) is 15.9 Å². The van der Waals surface area contributed by atoms with Crippen LogP contribution in [0.15, 0.2) is 77.7 Å². The zero-order chi connectivity index (χ0) is 23.1. The van der Waals surface area contributed by atoms with Crippen molar-refractivity contribution in [2.45, 2.75) is 11.3 Å². The molecule has 0 unspecified atom stereocenters. The molecule has 0 aromatic heterocycles. The summed E-state index contributed by atoms with van der Waals surface area (Å²) >= 11 is 0. The number of hydrogen-bond acceptors (Lipinski definition) is 5. The van der Waals surface area contributed by atoms with Gasteiger partial charge in [0, 0.05) is 11.3 Å². The monoisotopic (exact) mass is 457 g/mol. The van der Waals surface area contributed by atoms with Gasteiger partial charge < -0.3 is 4.74 Å². The molecule has 32 heavy (non-hydrogen) atoms. The van der Waals surface area contributed by atoms with E-state index in [9.17, 15) is 22.4 Å². The zero-order valence-corrected chi connectivity index (χ0v) is 17.8. The molecule has 0 aliphatic rings. The molecule has 0 heterocycles. The van der Waals surface area contributed by atoms with Crippen molar-refractivity contribution in [1.82, 2.24) is 10.9 Å². The van der Waals surface area contributed by atoms with E-state index < -0.39 is 27.7 Å². The third-order valence-electron chi connectivity index (χ3n) is 4.32. The molecule has 3 N–H and O–H groups in total. The van der Waals surface area contributed by atoms with Crippen LogP contribution in [-0.4, -0.2) is 27.3 Å². The van der Waals surface area contributed by atoms with Crippen molar-refractivity contribution >= 4 is 27.5 Å². The van der Waals surface area contributed by atoms with Crippen molar-refractivity contribution in [2.75, 3.05) is 11.8 Å². The molecule has 166 valence electrons. The van der Waals surface area contributed by atoms with Crippen LogP contribution in [0.2, 0.25) is 0 Å². The first-order valence-electron chi connectivity index (χ1n) is 9.37. The fourth-order valence-corrected chi connectivity index (χ4v) is 3.86. The fourth-order valence-electron chi connectivity index (χ4n) is 2.75. The van der Waals surface area contributed by atoms with Gasteiger partial charge in [-0.15, -0.1) is 0 Å². The van der Waals surface area contributed by atoms with E-state index in [0.29, 0.717) is 17.0 Å². The molecule has 0 fully saturated rings. The number of nitrogens with one attached hydrogen (secondary N) is 3. The molecule has 0 atom stereocenters. The zero-order valence-electron chi connectivity index (χ0n) is 17.0. The molecule has 3 aromatic carbocycles. The largest absolute Gasteiger partial charge is 0.497 e. The van der Waals surface area contributed by atoms with Crippen LogP contribution in [-0.2, 0) is 21.2 Å². The van der Waals surface area contributed by atoms with Gasteiger partial charge in [-0.1, -0.05) is 18.2 Å². The molecule has 0 spiro atoms. The maximum atomic E-state index is 13.2. The highest BCUT2D eigenvalue weighted by Crippen LogP contribution is 2.20. The summed E-state index contributed by atoms with van der Waals surface area (Å²) in [4.78, 5) is 24.2. The van der Waals surface area contributed by atoms with Crippen LogP contribution in [0.4, 0.5) is 10.1 Å². The molecule has 2 amide bonds. The highest BCUT2D eigenvalue weighted by atomic mass is 32.2. The number of halogens is 1. The molecule has 0 radical (unpaired) electrons. The van der Waals surface area contributed by atoms with Crippen molar-refractivity contribution in [2.24, 2.45) is 0 Å². The van der Waals surface area contributed by atoms with E-state index in [2.05, 4.69) is 15.6 Å². The number of sulfonamides is 1. The number of rotatable bonds is 7. The average molecular weight is 457 g/mol. The lowest BCUT2D eigenvalue weighted by Crippen LogP contribution is -2.42. The smallest absolute Gasteiger partial charge is 0.269 e. The van der Waals surface area contributed by atoms with Crippen molar-refractivity contribution in [3.8, 4) is 5.75 Å². The van der Waals surface area contributed by atoms with Gasteiger partial charge in [0.1, 0.15) is 11.6 Å². The van der Waals surface area contributed by atoms with Crippen LogP contribution >= 0.6 is 0 Å². The summed E-state index contributed by atoms with van der Waals surface area (Å²) in [5.41, 5.74) is 5.22. The molecule has 0 saturated carbocycles. The summed E-state index contributed by atoms with van der Waals surface area (Å²) < 4.78 is 46.0. The Labute approximate surface area is 184 Å². The molecule has 0 bridgehead atoms. The number of anilines is 1. The number of amides is 2. The Hall–Kier alpha value is -3.92. The maximum absolute atomic E-state index is 13.2. The van der Waals surface area contributed by atoms with Gasteiger partial charge in [0.15, 0.2) is 0 Å². The minimum absolute atomic E-state index is 0.0219. The van der Waals surface area contributed by atoms with E-state index in [0.717, 1.165) is 0 Å². The Morgan fingerprint density at radius 2 is 1.66 bits per heavy atom. The predicted molar refractivity (Wildman–Crippen MR) is 116 cm³/mol. The number of benzene rings is 3. The van der Waals surface area contributed by atoms with Gasteiger partial charge in [-0.25, -0.2) is 12.8 Å². The first-order chi connectivity index (χ1) is 15.3. The summed E-state index contributed by atoms with van der Waals surface area (Å²) in [5, 5.41) is 0. The van der Waals surface area contributed by atoms with Gasteiger partial charge in [-0.3, -0.25) is 25.2 Å². The molecule has 3 aromatic rings. The van der Waals surface area contributed by atoms with Crippen LogP contribution in [0.5, 0.6) is 5.75 Å². The lowest BCUT2D eigenvalue weighted by Gasteiger charge is -2.11. The van der Waals surface area contributed by atoms with Crippen LogP contribution in [0.1, 0.15) is 15.9 Å². The molecule has 0 aliphatic carbocycles.